The van der Waals surface area contributed by atoms with E-state index in [2.05, 4.69) is 10.0 Å². The second-order valence-corrected chi connectivity index (χ2v) is 7.44. The van der Waals surface area contributed by atoms with Gasteiger partial charge in [-0.15, -0.1) is 0 Å². The lowest BCUT2D eigenvalue weighted by Gasteiger charge is -2.12. The zero-order chi connectivity index (χ0) is 19.2. The fourth-order valence-electron chi connectivity index (χ4n) is 2.42. The molecule has 1 fully saturated rings. The van der Waals surface area contributed by atoms with Gasteiger partial charge in [-0.25, -0.2) is 17.9 Å². The van der Waals surface area contributed by atoms with Crippen LogP contribution in [0.4, 0.5) is 0 Å². The van der Waals surface area contributed by atoms with Crippen molar-refractivity contribution in [3.8, 4) is 5.75 Å². The van der Waals surface area contributed by atoms with Crippen molar-refractivity contribution in [1.82, 2.24) is 10.0 Å². The van der Waals surface area contributed by atoms with E-state index in [1.165, 1.54) is 26.3 Å². The van der Waals surface area contributed by atoms with Crippen molar-refractivity contribution in [2.24, 2.45) is 0 Å². The van der Waals surface area contributed by atoms with Gasteiger partial charge in [-0.2, -0.15) is 0 Å². The second kappa shape index (κ2) is 8.97. The van der Waals surface area contributed by atoms with Crippen molar-refractivity contribution >= 4 is 21.9 Å². The summed E-state index contributed by atoms with van der Waals surface area (Å²) in [7, 11) is -1.25. The van der Waals surface area contributed by atoms with Gasteiger partial charge in [0, 0.05) is 13.2 Å². The third kappa shape index (κ3) is 5.16. The van der Waals surface area contributed by atoms with Gasteiger partial charge in [0.1, 0.15) is 10.6 Å². The number of benzene rings is 1. The van der Waals surface area contributed by atoms with Crippen molar-refractivity contribution in [2.45, 2.75) is 23.8 Å². The molecule has 1 aromatic rings. The fraction of sp³-hybridized carbons (Fsp3) is 0.500. The molecule has 0 spiro atoms. The van der Waals surface area contributed by atoms with Crippen LogP contribution >= 0.6 is 0 Å². The quantitative estimate of drug-likeness (QED) is 0.606. The topological polar surface area (TPSA) is 120 Å². The molecule has 1 aromatic carbocycles. The molecule has 10 heteroatoms. The Hall–Kier alpha value is -2.17. The van der Waals surface area contributed by atoms with E-state index >= 15 is 0 Å². The molecule has 1 aliphatic rings. The molecule has 1 atom stereocenters. The molecular formula is C16H22N2O7S. The molecule has 0 unspecified atom stereocenters. The van der Waals surface area contributed by atoms with Gasteiger partial charge in [-0.05, 0) is 38.1 Å². The van der Waals surface area contributed by atoms with Crippen LogP contribution in [0.1, 0.15) is 23.2 Å². The number of amides is 1. The Morgan fingerprint density at radius 2 is 2.12 bits per heavy atom. The van der Waals surface area contributed by atoms with Gasteiger partial charge in [0.05, 0.1) is 18.8 Å². The van der Waals surface area contributed by atoms with Crippen LogP contribution in [-0.4, -0.2) is 60.3 Å². The number of methoxy groups -OCH3 is 1. The van der Waals surface area contributed by atoms with E-state index in [9.17, 15) is 18.0 Å². The predicted octanol–water partition coefficient (Wildman–Crippen LogP) is 0.0553. The monoisotopic (exact) mass is 386 g/mol. The van der Waals surface area contributed by atoms with Crippen molar-refractivity contribution in [3.63, 3.8) is 0 Å². The summed E-state index contributed by atoms with van der Waals surface area (Å²) >= 11 is 0. The third-order valence-electron chi connectivity index (χ3n) is 3.84. The highest BCUT2D eigenvalue weighted by Crippen LogP contribution is 2.25. The van der Waals surface area contributed by atoms with Gasteiger partial charge >= 0.3 is 5.97 Å². The molecule has 0 bridgehead atoms. The van der Waals surface area contributed by atoms with E-state index < -0.39 is 28.5 Å². The average Bonchev–Trinajstić information content (AvgIpc) is 3.17. The molecule has 1 heterocycles. The molecule has 26 heavy (non-hydrogen) atoms. The average molecular weight is 386 g/mol. The number of nitrogens with one attached hydrogen (secondary N) is 2. The van der Waals surface area contributed by atoms with Gasteiger partial charge < -0.3 is 19.5 Å². The Morgan fingerprint density at radius 3 is 2.73 bits per heavy atom. The Kier molecular flexibility index (Phi) is 6.95. The molecule has 2 N–H and O–H groups in total. The van der Waals surface area contributed by atoms with Crippen molar-refractivity contribution in [1.29, 1.82) is 0 Å². The largest absolute Gasteiger partial charge is 0.495 e. The van der Waals surface area contributed by atoms with Gasteiger partial charge in [0.25, 0.3) is 5.91 Å². The maximum atomic E-state index is 12.1. The molecule has 144 valence electrons. The van der Waals surface area contributed by atoms with Crippen LogP contribution in [0.2, 0.25) is 0 Å². The first kappa shape index (κ1) is 20.1. The standard InChI is InChI=1S/C16H22N2O7S/c1-17-26(21,22)14-8-11(5-6-13(14)23-2)16(20)25-10-15(19)18-9-12-4-3-7-24-12/h5-6,8,12,17H,3-4,7,9-10H2,1-2H3,(H,18,19)/t12-/m0/s1. The van der Waals surface area contributed by atoms with Crippen LogP contribution in [0, 0.1) is 0 Å². The minimum absolute atomic E-state index is 0.00782. The molecule has 0 aromatic heterocycles. The first-order valence-electron chi connectivity index (χ1n) is 8.04. The minimum Gasteiger partial charge on any atom is -0.495 e. The van der Waals surface area contributed by atoms with Crippen molar-refractivity contribution in [2.75, 3.05) is 33.9 Å². The molecule has 0 aliphatic carbocycles. The smallest absolute Gasteiger partial charge is 0.338 e. The summed E-state index contributed by atoms with van der Waals surface area (Å²) < 4.78 is 41.5. The summed E-state index contributed by atoms with van der Waals surface area (Å²) in [6.45, 7) is 0.583. The lowest BCUT2D eigenvalue weighted by atomic mass is 10.2. The number of hydrogen-bond donors (Lipinski definition) is 2. The van der Waals surface area contributed by atoms with E-state index in [1.54, 1.807) is 0 Å². The van der Waals surface area contributed by atoms with Gasteiger partial charge in [0.15, 0.2) is 6.61 Å². The van der Waals surface area contributed by atoms with Crippen LogP contribution in [0.15, 0.2) is 23.1 Å². The number of ether oxygens (including phenoxy) is 3. The molecular weight excluding hydrogens is 364 g/mol. The fourth-order valence-corrected chi connectivity index (χ4v) is 3.34. The normalized spacial score (nSPS) is 16.9. The van der Waals surface area contributed by atoms with Crippen molar-refractivity contribution < 1.29 is 32.2 Å². The second-order valence-electron chi connectivity index (χ2n) is 5.59. The Balaban J connectivity index is 1.96. The summed E-state index contributed by atoms with van der Waals surface area (Å²) in [5, 5.41) is 2.63. The molecule has 1 saturated heterocycles. The van der Waals surface area contributed by atoms with Crippen LogP contribution in [0.3, 0.4) is 0 Å². The predicted molar refractivity (Wildman–Crippen MR) is 91.5 cm³/mol. The summed E-state index contributed by atoms with van der Waals surface area (Å²) in [5.74, 6) is -1.18. The van der Waals surface area contributed by atoms with Crippen LogP contribution in [-0.2, 0) is 24.3 Å². The molecule has 1 aliphatic heterocycles. The number of rotatable bonds is 8. The van der Waals surface area contributed by atoms with Crippen LogP contribution < -0.4 is 14.8 Å². The maximum Gasteiger partial charge on any atom is 0.338 e. The lowest BCUT2D eigenvalue weighted by molar-refractivity contribution is -0.124. The SMILES string of the molecule is CNS(=O)(=O)c1cc(C(=O)OCC(=O)NC[C@@H]2CCCO2)ccc1OC. The zero-order valence-electron chi connectivity index (χ0n) is 14.6. The van der Waals surface area contributed by atoms with E-state index in [-0.39, 0.29) is 22.3 Å². The van der Waals surface area contributed by atoms with Gasteiger partial charge in [-0.3, -0.25) is 4.79 Å². The Labute approximate surface area is 152 Å². The molecule has 0 saturated carbocycles. The molecule has 1 amide bonds. The molecule has 2 rings (SSSR count). The highest BCUT2D eigenvalue weighted by molar-refractivity contribution is 7.89. The summed E-state index contributed by atoms with van der Waals surface area (Å²) in [5.41, 5.74) is -0.00782. The Bertz CT molecular complexity index is 758. The number of carbonyl (C=O) groups excluding carboxylic acids is 2. The summed E-state index contributed by atoms with van der Waals surface area (Å²) in [6, 6.07) is 3.84. The zero-order valence-corrected chi connectivity index (χ0v) is 15.4. The minimum atomic E-state index is -3.82. The van der Waals surface area contributed by atoms with Gasteiger partial charge in [-0.1, -0.05) is 0 Å². The van der Waals surface area contributed by atoms with E-state index in [4.69, 9.17) is 14.2 Å². The van der Waals surface area contributed by atoms with Gasteiger partial charge in [0.2, 0.25) is 10.0 Å². The first-order valence-corrected chi connectivity index (χ1v) is 9.52. The van der Waals surface area contributed by atoms with E-state index in [0.29, 0.717) is 13.2 Å². The van der Waals surface area contributed by atoms with Crippen LogP contribution in [0.5, 0.6) is 5.75 Å². The lowest BCUT2D eigenvalue weighted by Crippen LogP contribution is -2.34. The summed E-state index contributed by atoms with van der Waals surface area (Å²) in [4.78, 5) is 23.6. The van der Waals surface area contributed by atoms with Crippen LogP contribution in [0.25, 0.3) is 0 Å². The number of carbonyl (C=O) groups is 2. The number of hydrogen-bond acceptors (Lipinski definition) is 7. The van der Waals surface area contributed by atoms with E-state index in [0.717, 1.165) is 18.9 Å². The maximum absolute atomic E-state index is 12.1. The molecule has 0 radical (unpaired) electrons. The summed E-state index contributed by atoms with van der Waals surface area (Å²) in [6.07, 6.45) is 1.84. The van der Waals surface area contributed by atoms with Crippen molar-refractivity contribution in [3.05, 3.63) is 23.8 Å². The molecule has 9 nitrogen and oxygen atoms in total. The number of sulfonamides is 1. The van der Waals surface area contributed by atoms with E-state index in [1.807, 2.05) is 0 Å². The highest BCUT2D eigenvalue weighted by atomic mass is 32.2. The first-order chi connectivity index (χ1) is 12.4. The highest BCUT2D eigenvalue weighted by Gasteiger charge is 2.21. The third-order valence-corrected chi connectivity index (χ3v) is 5.28. The Morgan fingerprint density at radius 1 is 1.35 bits per heavy atom. The number of esters is 1.